The third-order valence-electron chi connectivity index (χ3n) is 2.05. The van der Waals surface area contributed by atoms with Crippen molar-refractivity contribution in [3.8, 4) is 6.07 Å². The molecule has 0 saturated heterocycles. The first-order chi connectivity index (χ1) is 8.32. The molecule has 0 radical (unpaired) electrons. The number of rotatable bonds is 2. The second kappa shape index (κ2) is 5.40. The predicted octanol–water partition coefficient (Wildman–Crippen LogP) is 3.52. The number of hydrogen-bond acceptors (Lipinski definition) is 3. The van der Waals surface area contributed by atoms with Crippen molar-refractivity contribution in [2.24, 2.45) is 0 Å². The Morgan fingerprint density at radius 1 is 1.50 bits per heavy atom. The van der Waals surface area contributed by atoms with Crippen LogP contribution in [0.5, 0.6) is 0 Å². The molecule has 1 rings (SSSR count). The number of hydrogen-bond donors (Lipinski definition) is 0. The Morgan fingerprint density at radius 3 is 2.56 bits per heavy atom. The number of nitriles is 1. The van der Waals surface area contributed by atoms with Crippen LogP contribution in [0.25, 0.3) is 0 Å². The third-order valence-corrected chi connectivity index (χ3v) is 2.88. The lowest BCUT2D eigenvalue weighted by molar-refractivity contribution is -0.137. The molecule has 0 fully saturated rings. The van der Waals surface area contributed by atoms with Crippen molar-refractivity contribution in [3.63, 3.8) is 0 Å². The van der Waals surface area contributed by atoms with E-state index in [1.54, 1.807) is 6.92 Å². The number of carbonyl (C=O) groups excluding carboxylic acids is 1. The maximum atomic E-state index is 12.6. The minimum absolute atomic E-state index is 0.0915. The molecular weight excluding hydrogens is 315 g/mol. The summed E-state index contributed by atoms with van der Waals surface area (Å²) >= 11 is 2.83. The van der Waals surface area contributed by atoms with Gasteiger partial charge in [0, 0.05) is 0 Å². The summed E-state index contributed by atoms with van der Waals surface area (Å²) in [4.78, 5) is 11.5. The molecular formula is C11H7BrF3NO2. The smallest absolute Gasteiger partial charge is 0.417 e. The van der Waals surface area contributed by atoms with Gasteiger partial charge in [-0.15, -0.1) is 0 Å². The Balaban J connectivity index is 3.40. The first kappa shape index (κ1) is 14.5. The van der Waals surface area contributed by atoms with Crippen LogP contribution < -0.4 is 0 Å². The Kier molecular flexibility index (Phi) is 4.35. The number of carbonyl (C=O) groups is 1. The number of halogens is 4. The first-order valence-electron chi connectivity index (χ1n) is 4.79. The van der Waals surface area contributed by atoms with E-state index >= 15 is 0 Å². The molecule has 0 aromatic heterocycles. The number of esters is 1. The van der Waals surface area contributed by atoms with Crippen LogP contribution in [0.3, 0.4) is 0 Å². The van der Waals surface area contributed by atoms with Gasteiger partial charge in [0.2, 0.25) is 0 Å². The quantitative estimate of drug-likeness (QED) is 0.783. The summed E-state index contributed by atoms with van der Waals surface area (Å²) in [6.07, 6.45) is -4.65. The van der Waals surface area contributed by atoms with Crippen molar-refractivity contribution in [1.82, 2.24) is 0 Å². The van der Waals surface area contributed by atoms with Crippen molar-refractivity contribution in [2.45, 2.75) is 13.1 Å². The SMILES string of the molecule is CCOC(=O)c1ccc(C(F)(F)F)c(C#N)c1Br. The van der Waals surface area contributed by atoms with Gasteiger partial charge in [-0.25, -0.2) is 4.79 Å². The molecule has 0 spiro atoms. The average molecular weight is 322 g/mol. The molecule has 1 aromatic rings. The number of alkyl halides is 3. The maximum Gasteiger partial charge on any atom is 0.417 e. The lowest BCUT2D eigenvalue weighted by Gasteiger charge is -2.12. The molecule has 3 nitrogen and oxygen atoms in total. The van der Waals surface area contributed by atoms with Gasteiger partial charge in [-0.2, -0.15) is 18.4 Å². The molecule has 0 atom stereocenters. The van der Waals surface area contributed by atoms with Gasteiger partial charge in [0.25, 0.3) is 0 Å². The predicted molar refractivity (Wildman–Crippen MR) is 59.8 cm³/mol. The summed E-state index contributed by atoms with van der Waals surface area (Å²) in [5.74, 6) is -0.783. The van der Waals surface area contributed by atoms with Crippen molar-refractivity contribution < 1.29 is 22.7 Å². The van der Waals surface area contributed by atoms with Crippen molar-refractivity contribution in [2.75, 3.05) is 6.61 Å². The maximum absolute atomic E-state index is 12.6. The molecule has 0 aliphatic carbocycles. The number of benzene rings is 1. The largest absolute Gasteiger partial charge is 0.462 e. The fraction of sp³-hybridized carbons (Fsp3) is 0.273. The average Bonchev–Trinajstić information content (AvgIpc) is 2.27. The van der Waals surface area contributed by atoms with Gasteiger partial charge in [0.1, 0.15) is 6.07 Å². The fourth-order valence-corrected chi connectivity index (χ4v) is 1.88. The van der Waals surface area contributed by atoms with E-state index in [1.165, 1.54) is 6.07 Å². The van der Waals surface area contributed by atoms with Gasteiger partial charge in [0.05, 0.1) is 27.8 Å². The number of nitrogens with zero attached hydrogens (tertiary/aromatic N) is 1. The monoisotopic (exact) mass is 321 g/mol. The van der Waals surface area contributed by atoms with E-state index in [2.05, 4.69) is 20.7 Å². The van der Waals surface area contributed by atoms with Crippen LogP contribution in [0.4, 0.5) is 13.2 Å². The lowest BCUT2D eigenvalue weighted by Crippen LogP contribution is -2.12. The van der Waals surface area contributed by atoms with Crippen LogP contribution >= 0.6 is 15.9 Å². The molecule has 18 heavy (non-hydrogen) atoms. The summed E-state index contributed by atoms with van der Waals surface area (Å²) in [5, 5.41) is 8.77. The van der Waals surface area contributed by atoms with E-state index in [9.17, 15) is 18.0 Å². The molecule has 0 N–H and O–H groups in total. The number of ether oxygens (including phenoxy) is 1. The third kappa shape index (κ3) is 2.82. The highest BCUT2D eigenvalue weighted by Gasteiger charge is 2.35. The van der Waals surface area contributed by atoms with Gasteiger partial charge in [-0.3, -0.25) is 0 Å². The van der Waals surface area contributed by atoms with Crippen LogP contribution in [0.1, 0.15) is 28.4 Å². The summed E-state index contributed by atoms with van der Waals surface area (Å²) in [7, 11) is 0. The molecule has 0 aliphatic heterocycles. The van der Waals surface area contributed by atoms with Crippen molar-refractivity contribution in [1.29, 1.82) is 5.26 Å². The van der Waals surface area contributed by atoms with E-state index in [0.717, 1.165) is 6.07 Å². The van der Waals surface area contributed by atoms with E-state index in [1.807, 2.05) is 0 Å². The Morgan fingerprint density at radius 2 is 2.11 bits per heavy atom. The second-order valence-corrected chi connectivity index (χ2v) is 3.97. The molecule has 1 aromatic carbocycles. The Hall–Kier alpha value is -1.55. The molecule has 0 saturated carbocycles. The lowest BCUT2D eigenvalue weighted by atomic mass is 10.0. The highest BCUT2D eigenvalue weighted by molar-refractivity contribution is 9.10. The minimum Gasteiger partial charge on any atom is -0.462 e. The molecule has 96 valence electrons. The van der Waals surface area contributed by atoms with Crippen LogP contribution in [0.2, 0.25) is 0 Å². The molecule has 0 aliphatic rings. The van der Waals surface area contributed by atoms with E-state index in [-0.39, 0.29) is 16.6 Å². The molecule has 0 amide bonds. The zero-order valence-electron chi connectivity index (χ0n) is 9.14. The molecule has 7 heteroatoms. The Labute approximate surface area is 109 Å². The van der Waals surface area contributed by atoms with Gasteiger partial charge in [0.15, 0.2) is 0 Å². The highest BCUT2D eigenvalue weighted by Crippen LogP contribution is 2.36. The van der Waals surface area contributed by atoms with Gasteiger partial charge >= 0.3 is 12.1 Å². The normalized spacial score (nSPS) is 10.9. The summed E-state index contributed by atoms with van der Waals surface area (Å²) in [6.45, 7) is 1.66. The summed E-state index contributed by atoms with van der Waals surface area (Å²) in [6, 6.07) is 3.10. The van der Waals surface area contributed by atoms with Crippen molar-refractivity contribution >= 4 is 21.9 Å². The van der Waals surface area contributed by atoms with E-state index < -0.39 is 23.3 Å². The van der Waals surface area contributed by atoms with E-state index in [4.69, 9.17) is 5.26 Å². The summed E-state index contributed by atoms with van der Waals surface area (Å²) < 4.78 is 42.3. The minimum atomic E-state index is -4.65. The van der Waals surface area contributed by atoms with E-state index in [0.29, 0.717) is 6.07 Å². The standard InChI is InChI=1S/C11H7BrF3NO2/c1-2-18-10(17)6-3-4-8(11(13,14)15)7(5-16)9(6)12/h3-4H,2H2,1H3. The highest BCUT2D eigenvalue weighted by atomic mass is 79.9. The van der Waals surface area contributed by atoms with Crippen molar-refractivity contribution in [3.05, 3.63) is 33.3 Å². The van der Waals surface area contributed by atoms with Crippen LogP contribution in [0, 0.1) is 11.3 Å². The molecule has 0 bridgehead atoms. The Bertz CT molecular complexity index is 520. The van der Waals surface area contributed by atoms with Crippen LogP contribution in [-0.4, -0.2) is 12.6 Å². The van der Waals surface area contributed by atoms with Crippen LogP contribution in [0.15, 0.2) is 16.6 Å². The van der Waals surface area contributed by atoms with Gasteiger partial charge in [-0.1, -0.05) is 0 Å². The zero-order chi connectivity index (χ0) is 13.9. The van der Waals surface area contributed by atoms with Crippen LogP contribution in [-0.2, 0) is 10.9 Å². The fourth-order valence-electron chi connectivity index (χ4n) is 1.29. The van der Waals surface area contributed by atoms with Gasteiger partial charge < -0.3 is 4.74 Å². The second-order valence-electron chi connectivity index (χ2n) is 3.18. The van der Waals surface area contributed by atoms with Gasteiger partial charge in [-0.05, 0) is 35.0 Å². The summed E-state index contributed by atoms with van der Waals surface area (Å²) in [5.41, 5.74) is -1.83. The molecule has 0 heterocycles. The zero-order valence-corrected chi connectivity index (χ0v) is 10.7. The first-order valence-corrected chi connectivity index (χ1v) is 5.59. The topological polar surface area (TPSA) is 50.1 Å². The molecule has 0 unspecified atom stereocenters.